The molecule has 0 amide bonds. The summed E-state index contributed by atoms with van der Waals surface area (Å²) >= 11 is 5.94. The number of aryl methyl sites for hydroxylation is 1. The molecule has 90 valence electrons. The van der Waals surface area contributed by atoms with Crippen molar-refractivity contribution in [3.63, 3.8) is 0 Å². The van der Waals surface area contributed by atoms with Crippen LogP contribution in [0.15, 0.2) is 18.2 Å². The number of rotatable bonds is 6. The minimum Gasteiger partial charge on any atom is -0.379 e. The molecule has 0 aliphatic heterocycles. The second-order valence-corrected chi connectivity index (χ2v) is 4.35. The Morgan fingerprint density at radius 3 is 2.75 bits per heavy atom. The summed E-state index contributed by atoms with van der Waals surface area (Å²) in [6.45, 7) is 5.70. The first-order valence-electron chi connectivity index (χ1n) is 5.70. The first-order valence-corrected chi connectivity index (χ1v) is 6.08. The van der Waals surface area contributed by atoms with E-state index in [1.165, 1.54) is 11.1 Å². The van der Waals surface area contributed by atoms with Crippen molar-refractivity contribution in [2.24, 2.45) is 0 Å². The summed E-state index contributed by atoms with van der Waals surface area (Å²) in [5.41, 5.74) is 2.45. The summed E-state index contributed by atoms with van der Waals surface area (Å²) in [5.74, 6) is 0. The summed E-state index contributed by atoms with van der Waals surface area (Å²) in [5, 5.41) is 4.05. The van der Waals surface area contributed by atoms with Crippen LogP contribution < -0.4 is 5.32 Å². The Hall–Kier alpha value is -0.570. The number of ether oxygens (including phenoxy) is 1. The normalized spacial score (nSPS) is 12.8. The molecule has 1 rings (SSSR count). The molecule has 1 atom stereocenters. The maximum absolute atomic E-state index is 5.94. The number of likely N-dealkylation sites (N-methyl/N-ethyl adjacent to an activating group) is 1. The standard InChI is InChI=1S/C13H20ClNO/c1-4-7-16-9-13(15-3)12-6-5-11(14)8-10(12)2/h5-6,8,13,15H,4,7,9H2,1-3H3. The molecule has 0 radical (unpaired) electrons. The van der Waals surface area contributed by atoms with E-state index < -0.39 is 0 Å². The fourth-order valence-corrected chi connectivity index (χ4v) is 1.93. The van der Waals surface area contributed by atoms with E-state index in [-0.39, 0.29) is 6.04 Å². The predicted molar refractivity (Wildman–Crippen MR) is 69.1 cm³/mol. The molecule has 2 nitrogen and oxygen atoms in total. The molecular weight excluding hydrogens is 222 g/mol. The van der Waals surface area contributed by atoms with Gasteiger partial charge in [0.1, 0.15) is 0 Å². The highest BCUT2D eigenvalue weighted by molar-refractivity contribution is 6.30. The van der Waals surface area contributed by atoms with Gasteiger partial charge in [-0.1, -0.05) is 24.6 Å². The molecule has 0 fully saturated rings. The van der Waals surface area contributed by atoms with E-state index in [0.29, 0.717) is 6.61 Å². The molecule has 3 heteroatoms. The van der Waals surface area contributed by atoms with Crippen molar-refractivity contribution in [1.29, 1.82) is 0 Å². The Labute approximate surface area is 103 Å². The minimum atomic E-state index is 0.240. The Morgan fingerprint density at radius 2 is 2.19 bits per heavy atom. The zero-order chi connectivity index (χ0) is 12.0. The maximum atomic E-state index is 5.94. The van der Waals surface area contributed by atoms with Crippen LogP contribution in [-0.2, 0) is 4.74 Å². The van der Waals surface area contributed by atoms with Gasteiger partial charge in [-0.25, -0.2) is 0 Å². The van der Waals surface area contributed by atoms with E-state index in [4.69, 9.17) is 16.3 Å². The van der Waals surface area contributed by atoms with Crippen LogP contribution in [0.25, 0.3) is 0 Å². The van der Waals surface area contributed by atoms with Crippen molar-refractivity contribution in [1.82, 2.24) is 5.32 Å². The van der Waals surface area contributed by atoms with Gasteiger partial charge in [-0.15, -0.1) is 0 Å². The van der Waals surface area contributed by atoms with Crippen LogP contribution in [0.4, 0.5) is 0 Å². The molecule has 0 aliphatic carbocycles. The van der Waals surface area contributed by atoms with Crippen LogP contribution >= 0.6 is 11.6 Å². The summed E-state index contributed by atoms with van der Waals surface area (Å²) < 4.78 is 5.58. The van der Waals surface area contributed by atoms with Crippen LogP contribution in [-0.4, -0.2) is 20.3 Å². The lowest BCUT2D eigenvalue weighted by atomic mass is 10.0. The smallest absolute Gasteiger partial charge is 0.0661 e. The number of hydrogen-bond donors (Lipinski definition) is 1. The average Bonchev–Trinajstić information content (AvgIpc) is 2.26. The first-order chi connectivity index (χ1) is 7.69. The Bertz CT molecular complexity index is 328. The van der Waals surface area contributed by atoms with Gasteiger partial charge in [-0.3, -0.25) is 0 Å². The Morgan fingerprint density at radius 1 is 1.44 bits per heavy atom. The molecule has 0 heterocycles. The summed E-state index contributed by atoms with van der Waals surface area (Å²) in [6.07, 6.45) is 1.05. The molecule has 0 aliphatic rings. The van der Waals surface area contributed by atoms with Gasteiger partial charge >= 0.3 is 0 Å². The van der Waals surface area contributed by atoms with Crippen molar-refractivity contribution in [3.8, 4) is 0 Å². The molecule has 0 saturated carbocycles. The highest BCUT2D eigenvalue weighted by Crippen LogP contribution is 2.21. The number of hydrogen-bond acceptors (Lipinski definition) is 2. The molecule has 0 bridgehead atoms. The van der Waals surface area contributed by atoms with Crippen molar-refractivity contribution in [2.45, 2.75) is 26.3 Å². The van der Waals surface area contributed by atoms with Gasteiger partial charge in [0, 0.05) is 11.6 Å². The van der Waals surface area contributed by atoms with E-state index in [9.17, 15) is 0 Å². The van der Waals surface area contributed by atoms with Crippen molar-refractivity contribution < 1.29 is 4.74 Å². The van der Waals surface area contributed by atoms with Crippen LogP contribution in [0, 0.1) is 6.92 Å². The van der Waals surface area contributed by atoms with Gasteiger partial charge in [0.05, 0.1) is 12.6 Å². The molecule has 16 heavy (non-hydrogen) atoms. The molecule has 0 spiro atoms. The monoisotopic (exact) mass is 241 g/mol. The third-order valence-electron chi connectivity index (χ3n) is 2.59. The lowest BCUT2D eigenvalue weighted by molar-refractivity contribution is 0.114. The fraction of sp³-hybridized carbons (Fsp3) is 0.538. The first kappa shape index (κ1) is 13.5. The van der Waals surface area contributed by atoms with Crippen molar-refractivity contribution in [3.05, 3.63) is 34.3 Å². The molecule has 0 aromatic heterocycles. The molecule has 1 unspecified atom stereocenters. The highest BCUT2D eigenvalue weighted by Gasteiger charge is 2.11. The molecule has 1 aromatic carbocycles. The Kier molecular flexibility index (Phi) is 5.81. The van der Waals surface area contributed by atoms with Crippen LogP contribution in [0.3, 0.4) is 0 Å². The zero-order valence-corrected chi connectivity index (χ0v) is 11.0. The Balaban J connectivity index is 2.70. The van der Waals surface area contributed by atoms with Crippen LogP contribution in [0.1, 0.15) is 30.5 Å². The van der Waals surface area contributed by atoms with E-state index in [0.717, 1.165) is 18.1 Å². The number of nitrogens with one attached hydrogen (secondary N) is 1. The van der Waals surface area contributed by atoms with Crippen LogP contribution in [0.5, 0.6) is 0 Å². The minimum absolute atomic E-state index is 0.240. The summed E-state index contributed by atoms with van der Waals surface area (Å²) in [4.78, 5) is 0. The van der Waals surface area contributed by atoms with E-state index in [1.54, 1.807) is 0 Å². The molecular formula is C13H20ClNO. The fourth-order valence-electron chi connectivity index (χ4n) is 1.70. The largest absolute Gasteiger partial charge is 0.379 e. The average molecular weight is 242 g/mol. The summed E-state index contributed by atoms with van der Waals surface area (Å²) in [6, 6.07) is 6.22. The zero-order valence-electron chi connectivity index (χ0n) is 10.2. The van der Waals surface area contributed by atoms with Crippen molar-refractivity contribution in [2.75, 3.05) is 20.3 Å². The third kappa shape index (κ3) is 3.78. The van der Waals surface area contributed by atoms with Gasteiger partial charge in [0.2, 0.25) is 0 Å². The topological polar surface area (TPSA) is 21.3 Å². The second kappa shape index (κ2) is 6.89. The number of benzene rings is 1. The van der Waals surface area contributed by atoms with Gasteiger partial charge in [0.25, 0.3) is 0 Å². The van der Waals surface area contributed by atoms with Gasteiger partial charge in [-0.05, 0) is 43.7 Å². The predicted octanol–water partition coefficient (Wildman–Crippen LogP) is 3.34. The molecule has 1 N–H and O–H groups in total. The molecule has 1 aromatic rings. The van der Waals surface area contributed by atoms with E-state index >= 15 is 0 Å². The lowest BCUT2D eigenvalue weighted by Crippen LogP contribution is -2.22. The molecule has 0 saturated heterocycles. The highest BCUT2D eigenvalue weighted by atomic mass is 35.5. The lowest BCUT2D eigenvalue weighted by Gasteiger charge is -2.19. The third-order valence-corrected chi connectivity index (χ3v) is 2.82. The quantitative estimate of drug-likeness (QED) is 0.772. The van der Waals surface area contributed by atoms with E-state index in [1.807, 2.05) is 19.2 Å². The number of halogens is 1. The maximum Gasteiger partial charge on any atom is 0.0661 e. The van der Waals surface area contributed by atoms with Gasteiger partial charge < -0.3 is 10.1 Å². The van der Waals surface area contributed by atoms with Gasteiger partial charge in [0.15, 0.2) is 0 Å². The van der Waals surface area contributed by atoms with E-state index in [2.05, 4.69) is 25.2 Å². The summed E-state index contributed by atoms with van der Waals surface area (Å²) in [7, 11) is 1.95. The van der Waals surface area contributed by atoms with Gasteiger partial charge in [-0.2, -0.15) is 0 Å². The van der Waals surface area contributed by atoms with Crippen molar-refractivity contribution >= 4 is 11.6 Å². The second-order valence-electron chi connectivity index (χ2n) is 3.92. The SMILES string of the molecule is CCCOCC(NC)c1ccc(Cl)cc1C. The van der Waals surface area contributed by atoms with Crippen LogP contribution in [0.2, 0.25) is 5.02 Å².